The van der Waals surface area contributed by atoms with Gasteiger partial charge in [0, 0.05) is 6.07 Å². The van der Waals surface area contributed by atoms with Crippen molar-refractivity contribution in [2.75, 3.05) is 5.73 Å². The van der Waals surface area contributed by atoms with Crippen LogP contribution in [0.15, 0.2) is 18.2 Å². The molecule has 2 N–H and O–H groups in total. The average Bonchev–Trinajstić information content (AvgIpc) is 2.93. The number of rotatable bonds is 2. The van der Waals surface area contributed by atoms with E-state index >= 15 is 0 Å². The largest absolute Gasteiger partial charge is 0.488 e. The minimum Gasteiger partial charge on any atom is -0.488 e. The molecular weight excluding hydrogens is 164 g/mol. The first kappa shape index (κ1) is 7.93. The number of nitriles is 1. The third-order valence-electron chi connectivity index (χ3n) is 1.96. The van der Waals surface area contributed by atoms with Crippen molar-refractivity contribution in [3.63, 3.8) is 0 Å². The lowest BCUT2D eigenvalue weighted by Gasteiger charge is -2.06. The molecule has 13 heavy (non-hydrogen) atoms. The molecule has 1 aromatic carbocycles. The van der Waals surface area contributed by atoms with Crippen molar-refractivity contribution in [3.05, 3.63) is 23.8 Å². The molecule has 0 spiro atoms. The fourth-order valence-corrected chi connectivity index (χ4v) is 1.07. The van der Waals surface area contributed by atoms with Gasteiger partial charge in [-0.15, -0.1) is 0 Å². The summed E-state index contributed by atoms with van der Waals surface area (Å²) in [5.41, 5.74) is 6.88. The van der Waals surface area contributed by atoms with Crippen LogP contribution >= 0.6 is 0 Å². The number of nitrogen functional groups attached to an aromatic ring is 1. The van der Waals surface area contributed by atoms with Crippen molar-refractivity contribution in [2.45, 2.75) is 18.9 Å². The zero-order valence-corrected chi connectivity index (χ0v) is 7.16. The van der Waals surface area contributed by atoms with Crippen LogP contribution in [0.2, 0.25) is 0 Å². The van der Waals surface area contributed by atoms with Crippen LogP contribution in [0.25, 0.3) is 0 Å². The molecule has 0 atom stereocenters. The summed E-state index contributed by atoms with van der Waals surface area (Å²) in [6, 6.07) is 7.14. The highest BCUT2D eigenvalue weighted by molar-refractivity contribution is 5.56. The second kappa shape index (κ2) is 2.98. The van der Waals surface area contributed by atoms with Gasteiger partial charge in [-0.1, -0.05) is 0 Å². The van der Waals surface area contributed by atoms with E-state index in [0.29, 0.717) is 23.1 Å². The van der Waals surface area contributed by atoms with Crippen LogP contribution in [0.4, 0.5) is 5.69 Å². The second-order valence-corrected chi connectivity index (χ2v) is 3.18. The van der Waals surface area contributed by atoms with Crippen molar-refractivity contribution >= 4 is 5.69 Å². The van der Waals surface area contributed by atoms with Gasteiger partial charge >= 0.3 is 0 Å². The lowest BCUT2D eigenvalue weighted by molar-refractivity contribution is 0.305. The molecule has 0 aliphatic heterocycles. The van der Waals surface area contributed by atoms with E-state index < -0.39 is 0 Å². The predicted molar refractivity (Wildman–Crippen MR) is 49.2 cm³/mol. The van der Waals surface area contributed by atoms with Gasteiger partial charge in [0.05, 0.1) is 23.4 Å². The molecule has 0 radical (unpaired) electrons. The molecule has 0 heterocycles. The van der Waals surface area contributed by atoms with Gasteiger partial charge in [0.2, 0.25) is 0 Å². The van der Waals surface area contributed by atoms with Crippen molar-refractivity contribution in [3.8, 4) is 11.8 Å². The monoisotopic (exact) mass is 174 g/mol. The van der Waals surface area contributed by atoms with Crippen LogP contribution in [0.3, 0.4) is 0 Å². The lowest BCUT2D eigenvalue weighted by Crippen LogP contribution is -1.99. The number of ether oxygens (including phenoxy) is 1. The highest BCUT2D eigenvalue weighted by Gasteiger charge is 2.24. The summed E-state index contributed by atoms with van der Waals surface area (Å²) < 4.78 is 5.52. The molecule has 0 saturated heterocycles. The van der Waals surface area contributed by atoms with Crippen LogP contribution in [0, 0.1) is 11.3 Å². The Labute approximate surface area is 76.7 Å². The zero-order valence-electron chi connectivity index (χ0n) is 7.16. The maximum Gasteiger partial charge on any atom is 0.143 e. The first-order valence-electron chi connectivity index (χ1n) is 4.26. The average molecular weight is 174 g/mol. The Morgan fingerprint density at radius 1 is 1.46 bits per heavy atom. The van der Waals surface area contributed by atoms with Gasteiger partial charge < -0.3 is 10.5 Å². The number of nitrogens with zero attached hydrogens (tertiary/aromatic N) is 1. The van der Waals surface area contributed by atoms with E-state index in [2.05, 4.69) is 6.07 Å². The van der Waals surface area contributed by atoms with Crippen LogP contribution < -0.4 is 10.5 Å². The molecule has 3 heteroatoms. The summed E-state index contributed by atoms with van der Waals surface area (Å²) in [6.45, 7) is 0. The molecule has 1 aromatic rings. The lowest BCUT2D eigenvalue weighted by atomic mass is 10.2. The molecule has 3 nitrogen and oxygen atoms in total. The van der Waals surface area contributed by atoms with E-state index in [9.17, 15) is 0 Å². The van der Waals surface area contributed by atoms with Crippen molar-refractivity contribution < 1.29 is 4.74 Å². The van der Waals surface area contributed by atoms with Crippen LogP contribution in [0.5, 0.6) is 5.75 Å². The molecule has 1 aliphatic rings. The van der Waals surface area contributed by atoms with E-state index in [-0.39, 0.29) is 0 Å². The minimum absolute atomic E-state index is 0.316. The number of benzene rings is 1. The summed E-state index contributed by atoms with van der Waals surface area (Å²) in [5.74, 6) is 0.640. The molecule has 1 aliphatic carbocycles. The maximum absolute atomic E-state index is 8.66. The molecule has 66 valence electrons. The highest BCUT2D eigenvalue weighted by Crippen LogP contribution is 2.30. The first-order valence-corrected chi connectivity index (χ1v) is 4.26. The Hall–Kier alpha value is -1.69. The maximum atomic E-state index is 8.66. The molecule has 0 aromatic heterocycles. The molecular formula is C10H10N2O. The highest BCUT2D eigenvalue weighted by atomic mass is 16.5. The van der Waals surface area contributed by atoms with Crippen molar-refractivity contribution in [2.24, 2.45) is 0 Å². The number of nitrogens with two attached hydrogens (primary N) is 1. The van der Waals surface area contributed by atoms with Crippen molar-refractivity contribution in [1.82, 2.24) is 0 Å². The number of anilines is 1. The van der Waals surface area contributed by atoms with E-state index in [4.69, 9.17) is 15.7 Å². The van der Waals surface area contributed by atoms with Gasteiger partial charge in [-0.3, -0.25) is 0 Å². The third-order valence-corrected chi connectivity index (χ3v) is 1.96. The summed E-state index contributed by atoms with van der Waals surface area (Å²) in [7, 11) is 0. The van der Waals surface area contributed by atoms with Crippen molar-refractivity contribution in [1.29, 1.82) is 5.26 Å². The fourth-order valence-electron chi connectivity index (χ4n) is 1.07. The Kier molecular flexibility index (Phi) is 1.82. The molecule has 0 amide bonds. The van der Waals surface area contributed by atoms with Crippen LogP contribution in [0.1, 0.15) is 18.4 Å². The SMILES string of the molecule is N#Cc1ccc(N)c(OC2CC2)c1. The van der Waals surface area contributed by atoms with Gasteiger partial charge in [-0.2, -0.15) is 5.26 Å². The predicted octanol–water partition coefficient (Wildman–Crippen LogP) is 1.68. The summed E-state index contributed by atoms with van der Waals surface area (Å²) in [5, 5.41) is 8.66. The number of hydrogen-bond acceptors (Lipinski definition) is 3. The normalized spacial score (nSPS) is 15.0. The van der Waals surface area contributed by atoms with Crippen LogP contribution in [-0.4, -0.2) is 6.10 Å². The van der Waals surface area contributed by atoms with E-state index in [1.165, 1.54) is 0 Å². The molecule has 1 saturated carbocycles. The quantitative estimate of drug-likeness (QED) is 0.694. The third kappa shape index (κ3) is 1.73. The van der Waals surface area contributed by atoms with Gasteiger partial charge in [0.1, 0.15) is 5.75 Å². The molecule has 0 unspecified atom stereocenters. The van der Waals surface area contributed by atoms with Gasteiger partial charge in [-0.05, 0) is 25.0 Å². The number of hydrogen-bond donors (Lipinski definition) is 1. The van der Waals surface area contributed by atoms with Crippen LogP contribution in [-0.2, 0) is 0 Å². The standard InChI is InChI=1S/C10H10N2O/c11-6-7-1-4-9(12)10(5-7)13-8-2-3-8/h1,4-5,8H,2-3,12H2. The summed E-state index contributed by atoms with van der Waals surface area (Å²) >= 11 is 0. The smallest absolute Gasteiger partial charge is 0.143 e. The zero-order chi connectivity index (χ0) is 9.26. The summed E-state index contributed by atoms with van der Waals surface area (Å²) in [6.07, 6.45) is 2.50. The van der Waals surface area contributed by atoms with E-state index in [1.54, 1.807) is 18.2 Å². The Morgan fingerprint density at radius 2 is 2.23 bits per heavy atom. The topological polar surface area (TPSA) is 59.0 Å². The van der Waals surface area contributed by atoms with Gasteiger partial charge in [0.25, 0.3) is 0 Å². The van der Waals surface area contributed by atoms with Gasteiger partial charge in [0.15, 0.2) is 0 Å². The second-order valence-electron chi connectivity index (χ2n) is 3.18. The Bertz CT molecular complexity index is 364. The van der Waals surface area contributed by atoms with Gasteiger partial charge in [-0.25, -0.2) is 0 Å². The fraction of sp³-hybridized carbons (Fsp3) is 0.300. The molecule has 0 bridgehead atoms. The Balaban J connectivity index is 2.25. The Morgan fingerprint density at radius 3 is 2.85 bits per heavy atom. The summed E-state index contributed by atoms with van der Waals surface area (Å²) in [4.78, 5) is 0. The molecule has 2 rings (SSSR count). The van der Waals surface area contributed by atoms with E-state index in [0.717, 1.165) is 12.8 Å². The first-order chi connectivity index (χ1) is 6.29. The molecule has 1 fully saturated rings. The minimum atomic E-state index is 0.316. The van der Waals surface area contributed by atoms with E-state index in [1.807, 2.05) is 0 Å².